The van der Waals surface area contributed by atoms with Gasteiger partial charge in [-0.25, -0.2) is 21.1 Å². The second kappa shape index (κ2) is 6.88. The monoisotopic (exact) mass is 415 g/mol. The third kappa shape index (κ3) is 3.58. The molecular formula is C16H21N3O6S2. The Morgan fingerprint density at radius 1 is 1.07 bits per heavy atom. The van der Waals surface area contributed by atoms with Gasteiger partial charge in [0.2, 0.25) is 31.9 Å². The Kier molecular flexibility index (Phi) is 5.04. The number of rotatable bonds is 3. The molecule has 27 heavy (non-hydrogen) atoms. The zero-order valence-corrected chi connectivity index (χ0v) is 16.7. The number of carbonyl (C=O) groups excluding carboxylic acids is 2. The van der Waals surface area contributed by atoms with Crippen molar-refractivity contribution < 1.29 is 26.4 Å². The minimum atomic E-state index is -3.76. The van der Waals surface area contributed by atoms with E-state index in [1.165, 1.54) is 35.5 Å². The Balaban J connectivity index is 1.81. The van der Waals surface area contributed by atoms with Crippen LogP contribution < -0.4 is 4.31 Å². The average Bonchev–Trinajstić information content (AvgIpc) is 2.82. The summed E-state index contributed by atoms with van der Waals surface area (Å²) in [5.41, 5.74) is 0.129. The largest absolute Gasteiger partial charge is 0.340 e. The summed E-state index contributed by atoms with van der Waals surface area (Å²) >= 11 is 0. The van der Waals surface area contributed by atoms with Crippen LogP contribution in [-0.4, -0.2) is 69.8 Å². The third-order valence-electron chi connectivity index (χ3n) is 4.75. The van der Waals surface area contributed by atoms with Crippen molar-refractivity contribution in [1.82, 2.24) is 9.21 Å². The lowest BCUT2D eigenvalue weighted by molar-refractivity contribution is -0.130. The van der Waals surface area contributed by atoms with Crippen LogP contribution in [0, 0.1) is 5.92 Å². The quantitative estimate of drug-likeness (QED) is 0.679. The van der Waals surface area contributed by atoms with Crippen molar-refractivity contribution >= 4 is 37.5 Å². The molecule has 148 valence electrons. The Morgan fingerprint density at radius 3 is 2.07 bits per heavy atom. The zero-order chi connectivity index (χ0) is 20.0. The number of amides is 2. The first-order valence-corrected chi connectivity index (χ1v) is 11.5. The predicted octanol–water partition coefficient (Wildman–Crippen LogP) is -0.148. The molecule has 0 spiro atoms. The molecule has 3 rings (SSSR count). The standard InChI is InChI=1S/C16H21N3O6S2/c1-12-11-26(22,23)19(16(12)21)14-3-5-15(6-4-14)27(24,25)18-9-7-17(8-10-18)13(2)20/h3-6,12H,7-11H2,1-2H3/t12-/m1/s1. The van der Waals surface area contributed by atoms with Crippen LogP contribution in [0.3, 0.4) is 0 Å². The van der Waals surface area contributed by atoms with Gasteiger partial charge in [-0.05, 0) is 24.3 Å². The van der Waals surface area contributed by atoms with Crippen molar-refractivity contribution in [3.63, 3.8) is 0 Å². The SMILES string of the molecule is CC(=O)N1CCN(S(=O)(=O)c2ccc(N3C(=O)[C@H](C)CS3(=O)=O)cc2)CC1. The van der Waals surface area contributed by atoms with E-state index in [4.69, 9.17) is 0 Å². The number of anilines is 1. The lowest BCUT2D eigenvalue weighted by Crippen LogP contribution is -2.49. The molecule has 0 aliphatic carbocycles. The molecule has 2 aliphatic rings. The number of piperazine rings is 1. The maximum atomic E-state index is 12.8. The van der Waals surface area contributed by atoms with Crippen molar-refractivity contribution in [3.8, 4) is 0 Å². The third-order valence-corrected chi connectivity index (χ3v) is 8.53. The van der Waals surface area contributed by atoms with E-state index in [-0.39, 0.29) is 35.3 Å². The molecule has 0 bridgehead atoms. The summed E-state index contributed by atoms with van der Waals surface area (Å²) in [6.07, 6.45) is 0. The number of nitrogens with zero attached hydrogens (tertiary/aromatic N) is 3. The summed E-state index contributed by atoms with van der Waals surface area (Å²) in [5.74, 6) is -1.50. The Hall–Kier alpha value is -1.98. The fourth-order valence-electron chi connectivity index (χ4n) is 3.23. The van der Waals surface area contributed by atoms with Crippen LogP contribution in [0.5, 0.6) is 0 Å². The molecule has 1 aromatic carbocycles. The van der Waals surface area contributed by atoms with E-state index in [0.717, 1.165) is 4.31 Å². The molecular weight excluding hydrogens is 394 g/mol. The number of sulfonamides is 2. The number of carbonyl (C=O) groups is 2. The Morgan fingerprint density at radius 2 is 1.63 bits per heavy atom. The predicted molar refractivity (Wildman–Crippen MR) is 97.9 cm³/mol. The van der Waals surface area contributed by atoms with E-state index in [0.29, 0.717) is 13.1 Å². The minimum absolute atomic E-state index is 0.0135. The molecule has 1 atom stereocenters. The highest BCUT2D eigenvalue weighted by Gasteiger charge is 2.42. The normalized spacial score (nSPS) is 23.6. The van der Waals surface area contributed by atoms with Crippen LogP contribution in [0.2, 0.25) is 0 Å². The van der Waals surface area contributed by atoms with Gasteiger partial charge in [-0.1, -0.05) is 6.92 Å². The first-order chi connectivity index (χ1) is 12.5. The maximum Gasteiger partial charge on any atom is 0.244 e. The van der Waals surface area contributed by atoms with Crippen LogP contribution >= 0.6 is 0 Å². The van der Waals surface area contributed by atoms with Gasteiger partial charge in [0.05, 0.1) is 22.3 Å². The van der Waals surface area contributed by atoms with Gasteiger partial charge in [0, 0.05) is 33.1 Å². The molecule has 1 aromatic rings. The highest BCUT2D eigenvalue weighted by Crippen LogP contribution is 2.29. The van der Waals surface area contributed by atoms with Gasteiger partial charge in [0.1, 0.15) is 0 Å². The first kappa shape index (κ1) is 19.8. The molecule has 0 aromatic heterocycles. The van der Waals surface area contributed by atoms with Crippen LogP contribution in [0.1, 0.15) is 13.8 Å². The molecule has 0 saturated carbocycles. The second-order valence-electron chi connectivity index (χ2n) is 6.69. The summed E-state index contributed by atoms with van der Waals surface area (Å²) in [6.45, 7) is 4.02. The molecule has 0 N–H and O–H groups in total. The zero-order valence-electron chi connectivity index (χ0n) is 15.0. The molecule has 2 amide bonds. The van der Waals surface area contributed by atoms with Gasteiger partial charge in [-0.3, -0.25) is 9.59 Å². The van der Waals surface area contributed by atoms with Gasteiger partial charge in [0.25, 0.3) is 0 Å². The molecule has 0 radical (unpaired) electrons. The fourth-order valence-corrected chi connectivity index (χ4v) is 6.48. The van der Waals surface area contributed by atoms with E-state index in [1.807, 2.05) is 0 Å². The van der Waals surface area contributed by atoms with Gasteiger partial charge in [0.15, 0.2) is 0 Å². The molecule has 11 heteroatoms. The molecule has 9 nitrogen and oxygen atoms in total. The average molecular weight is 415 g/mol. The van der Waals surface area contributed by atoms with Crippen LogP contribution in [0.4, 0.5) is 5.69 Å². The molecule has 2 fully saturated rings. The second-order valence-corrected chi connectivity index (χ2v) is 10.5. The lowest BCUT2D eigenvalue weighted by Gasteiger charge is -2.33. The Bertz CT molecular complexity index is 964. The summed E-state index contributed by atoms with van der Waals surface area (Å²) in [6, 6.07) is 5.25. The number of hydrogen-bond acceptors (Lipinski definition) is 6. The van der Waals surface area contributed by atoms with Crippen molar-refractivity contribution in [3.05, 3.63) is 24.3 Å². The van der Waals surface area contributed by atoms with Crippen molar-refractivity contribution in [2.75, 3.05) is 36.2 Å². The molecule has 2 heterocycles. The number of benzene rings is 1. The maximum absolute atomic E-state index is 12.8. The Labute approximate surface area is 158 Å². The van der Waals surface area contributed by atoms with Crippen LogP contribution in [-0.2, 0) is 29.6 Å². The topological polar surface area (TPSA) is 112 Å². The summed E-state index contributed by atoms with van der Waals surface area (Å²) in [5, 5.41) is 0. The smallest absolute Gasteiger partial charge is 0.244 e. The molecule has 2 aliphatic heterocycles. The lowest BCUT2D eigenvalue weighted by atomic mass is 10.2. The van der Waals surface area contributed by atoms with E-state index in [2.05, 4.69) is 0 Å². The van der Waals surface area contributed by atoms with E-state index in [9.17, 15) is 26.4 Å². The summed E-state index contributed by atoms with van der Waals surface area (Å²) in [7, 11) is -7.50. The van der Waals surface area contributed by atoms with Gasteiger partial charge in [-0.15, -0.1) is 0 Å². The van der Waals surface area contributed by atoms with Crippen molar-refractivity contribution in [2.45, 2.75) is 18.7 Å². The van der Waals surface area contributed by atoms with Crippen LogP contribution in [0.15, 0.2) is 29.2 Å². The van der Waals surface area contributed by atoms with Crippen molar-refractivity contribution in [1.29, 1.82) is 0 Å². The van der Waals surface area contributed by atoms with E-state index in [1.54, 1.807) is 11.8 Å². The van der Waals surface area contributed by atoms with Crippen molar-refractivity contribution in [2.24, 2.45) is 5.92 Å². The van der Waals surface area contributed by atoms with Crippen LogP contribution in [0.25, 0.3) is 0 Å². The van der Waals surface area contributed by atoms with E-state index < -0.39 is 31.9 Å². The van der Waals surface area contributed by atoms with Gasteiger partial charge in [-0.2, -0.15) is 4.31 Å². The van der Waals surface area contributed by atoms with Gasteiger partial charge >= 0.3 is 0 Å². The summed E-state index contributed by atoms with van der Waals surface area (Å²) in [4.78, 5) is 25.1. The molecule has 2 saturated heterocycles. The fraction of sp³-hybridized carbons (Fsp3) is 0.500. The highest BCUT2D eigenvalue weighted by atomic mass is 32.2. The number of hydrogen-bond donors (Lipinski definition) is 0. The molecule has 0 unspecified atom stereocenters. The van der Waals surface area contributed by atoms with Gasteiger partial charge < -0.3 is 4.90 Å². The highest BCUT2D eigenvalue weighted by molar-refractivity contribution is 7.94. The minimum Gasteiger partial charge on any atom is -0.340 e. The summed E-state index contributed by atoms with van der Waals surface area (Å²) < 4.78 is 51.8. The first-order valence-electron chi connectivity index (χ1n) is 8.46. The van der Waals surface area contributed by atoms with E-state index >= 15 is 0 Å².